The third kappa shape index (κ3) is 5.61. The largest absolute Gasteiger partial charge is 0.380 e. The SMILES string of the molecule is CCOCCN(CC)CC(C)C(NC)c1ccccc1. The lowest BCUT2D eigenvalue weighted by atomic mass is 9.94. The molecule has 1 rings (SSSR count). The van der Waals surface area contributed by atoms with Crippen LogP contribution in [-0.2, 0) is 4.74 Å². The van der Waals surface area contributed by atoms with E-state index in [0.717, 1.165) is 32.8 Å². The molecular formula is C17H30N2O. The molecule has 0 saturated carbocycles. The van der Waals surface area contributed by atoms with Crippen molar-refractivity contribution in [2.75, 3.05) is 39.9 Å². The Morgan fingerprint density at radius 3 is 2.45 bits per heavy atom. The number of nitrogens with zero attached hydrogens (tertiary/aromatic N) is 1. The summed E-state index contributed by atoms with van der Waals surface area (Å²) in [7, 11) is 2.05. The highest BCUT2D eigenvalue weighted by Gasteiger charge is 2.19. The summed E-state index contributed by atoms with van der Waals surface area (Å²) in [5, 5.41) is 3.46. The highest BCUT2D eigenvalue weighted by molar-refractivity contribution is 5.19. The number of nitrogens with one attached hydrogen (secondary N) is 1. The summed E-state index contributed by atoms with van der Waals surface area (Å²) in [6, 6.07) is 11.1. The van der Waals surface area contributed by atoms with Gasteiger partial charge in [0.15, 0.2) is 0 Å². The lowest BCUT2D eigenvalue weighted by Gasteiger charge is -2.30. The Labute approximate surface area is 124 Å². The van der Waals surface area contributed by atoms with Gasteiger partial charge in [-0.05, 0) is 32.0 Å². The van der Waals surface area contributed by atoms with Crippen LogP contribution >= 0.6 is 0 Å². The molecule has 0 spiro atoms. The minimum absolute atomic E-state index is 0.400. The molecule has 114 valence electrons. The summed E-state index contributed by atoms with van der Waals surface area (Å²) in [6.07, 6.45) is 0. The maximum atomic E-state index is 5.46. The van der Waals surface area contributed by atoms with Crippen molar-refractivity contribution in [3.63, 3.8) is 0 Å². The standard InChI is InChI=1S/C17H30N2O/c1-5-19(12-13-20-6-2)14-15(3)17(18-4)16-10-8-7-9-11-16/h7-11,15,17-18H,5-6,12-14H2,1-4H3. The molecule has 20 heavy (non-hydrogen) atoms. The lowest BCUT2D eigenvalue weighted by molar-refractivity contribution is 0.106. The van der Waals surface area contributed by atoms with Gasteiger partial charge in [0.1, 0.15) is 0 Å². The molecule has 0 aliphatic heterocycles. The second-order valence-corrected chi connectivity index (χ2v) is 5.24. The Morgan fingerprint density at radius 2 is 1.90 bits per heavy atom. The third-order valence-corrected chi connectivity index (χ3v) is 3.79. The molecule has 0 fully saturated rings. The van der Waals surface area contributed by atoms with E-state index < -0.39 is 0 Å². The fraction of sp³-hybridized carbons (Fsp3) is 0.647. The molecule has 0 aromatic heterocycles. The molecule has 2 atom stereocenters. The van der Waals surface area contributed by atoms with Crippen LogP contribution in [0.15, 0.2) is 30.3 Å². The average Bonchev–Trinajstić information content (AvgIpc) is 2.48. The minimum Gasteiger partial charge on any atom is -0.380 e. The highest BCUT2D eigenvalue weighted by Crippen LogP contribution is 2.22. The Morgan fingerprint density at radius 1 is 1.20 bits per heavy atom. The average molecular weight is 278 g/mol. The van der Waals surface area contributed by atoms with Gasteiger partial charge in [-0.25, -0.2) is 0 Å². The molecule has 1 aromatic rings. The van der Waals surface area contributed by atoms with Crippen LogP contribution in [0.3, 0.4) is 0 Å². The van der Waals surface area contributed by atoms with Gasteiger partial charge in [-0.3, -0.25) is 0 Å². The molecule has 0 aliphatic rings. The van der Waals surface area contributed by atoms with Crippen LogP contribution in [0, 0.1) is 5.92 Å². The predicted octanol–water partition coefficient (Wildman–Crippen LogP) is 2.94. The van der Waals surface area contributed by atoms with E-state index in [1.165, 1.54) is 5.56 Å². The molecule has 1 N–H and O–H groups in total. The van der Waals surface area contributed by atoms with E-state index >= 15 is 0 Å². The second kappa shape index (κ2) is 9.92. The summed E-state index contributed by atoms with van der Waals surface area (Å²) in [5.74, 6) is 0.559. The van der Waals surface area contributed by atoms with Crippen molar-refractivity contribution in [2.45, 2.75) is 26.8 Å². The van der Waals surface area contributed by atoms with E-state index in [4.69, 9.17) is 4.74 Å². The number of rotatable bonds is 10. The Bertz CT molecular complexity index is 342. The Kier molecular flexibility index (Phi) is 8.51. The van der Waals surface area contributed by atoms with Crippen LogP contribution in [0.25, 0.3) is 0 Å². The van der Waals surface area contributed by atoms with Gasteiger partial charge < -0.3 is 15.0 Å². The van der Waals surface area contributed by atoms with E-state index in [-0.39, 0.29) is 0 Å². The van der Waals surface area contributed by atoms with Gasteiger partial charge >= 0.3 is 0 Å². The van der Waals surface area contributed by atoms with Gasteiger partial charge in [0.2, 0.25) is 0 Å². The van der Waals surface area contributed by atoms with E-state index in [1.807, 2.05) is 14.0 Å². The van der Waals surface area contributed by atoms with Gasteiger partial charge in [0.25, 0.3) is 0 Å². The summed E-state index contributed by atoms with van der Waals surface area (Å²) >= 11 is 0. The van der Waals surface area contributed by atoms with E-state index in [1.54, 1.807) is 0 Å². The maximum absolute atomic E-state index is 5.46. The molecule has 0 heterocycles. The van der Waals surface area contributed by atoms with Crippen LogP contribution in [0.1, 0.15) is 32.4 Å². The highest BCUT2D eigenvalue weighted by atomic mass is 16.5. The third-order valence-electron chi connectivity index (χ3n) is 3.79. The number of hydrogen-bond acceptors (Lipinski definition) is 3. The smallest absolute Gasteiger partial charge is 0.0593 e. The minimum atomic E-state index is 0.400. The molecule has 2 unspecified atom stereocenters. The molecule has 0 amide bonds. The van der Waals surface area contributed by atoms with Crippen LogP contribution in [0.5, 0.6) is 0 Å². The van der Waals surface area contributed by atoms with Gasteiger partial charge in [-0.1, -0.05) is 44.2 Å². The second-order valence-electron chi connectivity index (χ2n) is 5.24. The zero-order valence-electron chi connectivity index (χ0n) is 13.4. The normalized spacial score (nSPS) is 14.4. The van der Waals surface area contributed by atoms with Crippen LogP contribution in [0.2, 0.25) is 0 Å². The van der Waals surface area contributed by atoms with Gasteiger partial charge in [0.05, 0.1) is 6.61 Å². The first-order valence-corrected chi connectivity index (χ1v) is 7.75. The topological polar surface area (TPSA) is 24.5 Å². The van der Waals surface area contributed by atoms with Crippen molar-refractivity contribution < 1.29 is 4.74 Å². The van der Waals surface area contributed by atoms with Crippen molar-refractivity contribution >= 4 is 0 Å². The first-order valence-electron chi connectivity index (χ1n) is 7.75. The summed E-state index contributed by atoms with van der Waals surface area (Å²) < 4.78 is 5.46. The van der Waals surface area contributed by atoms with E-state index in [2.05, 4.69) is 54.4 Å². The first-order chi connectivity index (χ1) is 9.72. The fourth-order valence-corrected chi connectivity index (χ4v) is 2.67. The Balaban J connectivity index is 2.55. The van der Waals surface area contributed by atoms with Crippen molar-refractivity contribution in [3.05, 3.63) is 35.9 Å². The quantitative estimate of drug-likeness (QED) is 0.666. The van der Waals surface area contributed by atoms with Crippen LogP contribution in [0.4, 0.5) is 0 Å². The zero-order chi connectivity index (χ0) is 14.8. The first kappa shape index (κ1) is 17.2. The van der Waals surface area contributed by atoms with Crippen LogP contribution < -0.4 is 5.32 Å². The summed E-state index contributed by atoms with van der Waals surface area (Å²) in [5.41, 5.74) is 1.36. The number of ether oxygens (including phenoxy) is 1. The van der Waals surface area contributed by atoms with Crippen LogP contribution in [-0.4, -0.2) is 44.8 Å². The summed E-state index contributed by atoms with van der Waals surface area (Å²) in [4.78, 5) is 2.47. The molecule has 3 heteroatoms. The zero-order valence-corrected chi connectivity index (χ0v) is 13.4. The maximum Gasteiger partial charge on any atom is 0.0593 e. The van der Waals surface area contributed by atoms with E-state index in [0.29, 0.717) is 12.0 Å². The lowest BCUT2D eigenvalue weighted by Crippen LogP contribution is -2.36. The van der Waals surface area contributed by atoms with Gasteiger partial charge in [-0.15, -0.1) is 0 Å². The number of likely N-dealkylation sites (N-methyl/N-ethyl adjacent to an activating group) is 1. The van der Waals surface area contributed by atoms with Crippen molar-refractivity contribution in [1.82, 2.24) is 10.2 Å². The van der Waals surface area contributed by atoms with Gasteiger partial charge in [-0.2, -0.15) is 0 Å². The molecule has 0 saturated heterocycles. The van der Waals surface area contributed by atoms with Gasteiger partial charge in [0, 0.05) is 25.7 Å². The fourth-order valence-electron chi connectivity index (χ4n) is 2.67. The molecule has 3 nitrogen and oxygen atoms in total. The monoisotopic (exact) mass is 278 g/mol. The number of benzene rings is 1. The van der Waals surface area contributed by atoms with Crippen molar-refractivity contribution in [2.24, 2.45) is 5.92 Å². The Hall–Kier alpha value is -0.900. The van der Waals surface area contributed by atoms with Crippen molar-refractivity contribution in [3.8, 4) is 0 Å². The van der Waals surface area contributed by atoms with Crippen molar-refractivity contribution in [1.29, 1.82) is 0 Å². The molecule has 1 aromatic carbocycles. The summed E-state index contributed by atoms with van der Waals surface area (Å²) in [6.45, 7) is 11.4. The predicted molar refractivity (Wildman–Crippen MR) is 86.0 cm³/mol. The number of hydrogen-bond donors (Lipinski definition) is 1. The molecule has 0 aliphatic carbocycles. The molecular weight excluding hydrogens is 248 g/mol. The molecule has 0 radical (unpaired) electrons. The molecule has 0 bridgehead atoms. The van der Waals surface area contributed by atoms with E-state index in [9.17, 15) is 0 Å².